The van der Waals surface area contributed by atoms with E-state index in [0.29, 0.717) is 6.04 Å². The molecule has 1 aromatic rings. The van der Waals surface area contributed by atoms with Crippen LogP contribution in [0.3, 0.4) is 0 Å². The lowest BCUT2D eigenvalue weighted by atomic mass is 9.93. The van der Waals surface area contributed by atoms with Crippen molar-refractivity contribution in [2.24, 2.45) is 5.92 Å². The summed E-state index contributed by atoms with van der Waals surface area (Å²) in [5.74, 6) is 0.869. The van der Waals surface area contributed by atoms with Gasteiger partial charge >= 0.3 is 0 Å². The first-order valence-corrected chi connectivity index (χ1v) is 7.55. The van der Waals surface area contributed by atoms with Gasteiger partial charge in [-0.15, -0.1) is 0 Å². The average molecular weight is 260 g/mol. The Kier molecular flexibility index (Phi) is 4.36. The maximum Gasteiger partial charge on any atom is 0.0468 e. The molecule has 1 saturated heterocycles. The Labute approximate surface area is 115 Å². The molecule has 0 radical (unpaired) electrons. The van der Waals surface area contributed by atoms with E-state index in [9.17, 15) is 0 Å². The molecule has 1 fully saturated rings. The second-order valence-corrected chi connectivity index (χ2v) is 5.76. The zero-order chi connectivity index (χ0) is 12.9. The maximum atomic E-state index is 5.43. The minimum absolute atomic E-state index is 0.562. The van der Waals surface area contributed by atoms with Crippen molar-refractivity contribution in [3.8, 4) is 0 Å². The molecule has 1 unspecified atom stereocenters. The smallest absolute Gasteiger partial charge is 0.0468 e. The summed E-state index contributed by atoms with van der Waals surface area (Å²) in [6.45, 7) is 3.97. The van der Waals surface area contributed by atoms with Crippen LogP contribution in [0.1, 0.15) is 31.2 Å². The standard InChI is InChI=1S/C16H24N2O/c1-2-4-16-14(3-1)11-17-12-15(18-16)6-5-13-7-9-19-10-8-13/h1-4,13,15,17-18H,5-12H2. The van der Waals surface area contributed by atoms with E-state index < -0.39 is 0 Å². The maximum absolute atomic E-state index is 5.43. The normalized spacial score (nSPS) is 24.3. The van der Waals surface area contributed by atoms with Crippen molar-refractivity contribution in [1.82, 2.24) is 5.32 Å². The van der Waals surface area contributed by atoms with Gasteiger partial charge in [0, 0.05) is 38.0 Å². The average Bonchev–Trinajstić information content (AvgIpc) is 2.68. The number of benzene rings is 1. The molecule has 0 aromatic heterocycles. The molecule has 104 valence electrons. The van der Waals surface area contributed by atoms with Gasteiger partial charge in [-0.2, -0.15) is 0 Å². The van der Waals surface area contributed by atoms with Gasteiger partial charge in [0.25, 0.3) is 0 Å². The minimum atomic E-state index is 0.562. The van der Waals surface area contributed by atoms with E-state index in [1.54, 1.807) is 0 Å². The van der Waals surface area contributed by atoms with E-state index in [-0.39, 0.29) is 0 Å². The fraction of sp³-hybridized carbons (Fsp3) is 0.625. The van der Waals surface area contributed by atoms with Gasteiger partial charge in [-0.05, 0) is 43.2 Å². The lowest BCUT2D eigenvalue weighted by molar-refractivity contribution is 0.0629. The third-order valence-electron chi connectivity index (χ3n) is 4.35. The summed E-state index contributed by atoms with van der Waals surface area (Å²) in [4.78, 5) is 0. The fourth-order valence-corrected chi connectivity index (χ4v) is 3.11. The number of rotatable bonds is 3. The highest BCUT2D eigenvalue weighted by Gasteiger charge is 2.18. The molecule has 3 heteroatoms. The number of nitrogens with one attached hydrogen (secondary N) is 2. The molecule has 3 nitrogen and oxygen atoms in total. The molecule has 0 saturated carbocycles. The van der Waals surface area contributed by atoms with Gasteiger partial charge < -0.3 is 15.4 Å². The fourth-order valence-electron chi connectivity index (χ4n) is 3.11. The van der Waals surface area contributed by atoms with Gasteiger partial charge in [0.2, 0.25) is 0 Å². The van der Waals surface area contributed by atoms with Crippen LogP contribution in [0.15, 0.2) is 24.3 Å². The van der Waals surface area contributed by atoms with E-state index >= 15 is 0 Å². The van der Waals surface area contributed by atoms with Crippen molar-refractivity contribution in [1.29, 1.82) is 0 Å². The van der Waals surface area contributed by atoms with Gasteiger partial charge in [-0.1, -0.05) is 18.2 Å². The number of anilines is 1. The first-order valence-electron chi connectivity index (χ1n) is 7.55. The lowest BCUT2D eigenvalue weighted by Crippen LogP contribution is -2.30. The van der Waals surface area contributed by atoms with E-state index in [1.807, 2.05) is 0 Å². The quantitative estimate of drug-likeness (QED) is 0.877. The van der Waals surface area contributed by atoms with Crippen LogP contribution in [-0.2, 0) is 11.3 Å². The SMILES string of the molecule is c1ccc2c(c1)CNCC(CCC1CCOCC1)N2. The van der Waals surface area contributed by atoms with E-state index in [1.165, 1.54) is 36.9 Å². The number of ether oxygens (including phenoxy) is 1. The summed E-state index contributed by atoms with van der Waals surface area (Å²) >= 11 is 0. The Hall–Kier alpha value is -1.06. The highest BCUT2D eigenvalue weighted by atomic mass is 16.5. The zero-order valence-electron chi connectivity index (χ0n) is 11.5. The Morgan fingerprint density at radius 3 is 2.84 bits per heavy atom. The molecule has 2 aliphatic rings. The van der Waals surface area contributed by atoms with Gasteiger partial charge in [0.05, 0.1) is 0 Å². The van der Waals surface area contributed by atoms with Crippen LogP contribution in [0, 0.1) is 5.92 Å². The molecule has 1 aromatic carbocycles. The first-order chi connectivity index (χ1) is 9.42. The second kappa shape index (κ2) is 6.40. The lowest BCUT2D eigenvalue weighted by Gasteiger charge is -2.25. The second-order valence-electron chi connectivity index (χ2n) is 5.76. The monoisotopic (exact) mass is 260 g/mol. The van der Waals surface area contributed by atoms with E-state index in [4.69, 9.17) is 4.74 Å². The summed E-state index contributed by atoms with van der Waals surface area (Å²) in [5, 5.41) is 7.26. The van der Waals surface area contributed by atoms with E-state index in [0.717, 1.165) is 32.2 Å². The molecule has 0 amide bonds. The zero-order valence-corrected chi connectivity index (χ0v) is 11.5. The van der Waals surface area contributed by atoms with Crippen molar-refractivity contribution < 1.29 is 4.74 Å². The highest BCUT2D eigenvalue weighted by Crippen LogP contribution is 2.24. The van der Waals surface area contributed by atoms with Gasteiger partial charge in [0.15, 0.2) is 0 Å². The Morgan fingerprint density at radius 2 is 1.95 bits per heavy atom. The highest BCUT2D eigenvalue weighted by molar-refractivity contribution is 5.52. The minimum Gasteiger partial charge on any atom is -0.381 e. The van der Waals surface area contributed by atoms with Crippen LogP contribution in [0.25, 0.3) is 0 Å². The van der Waals surface area contributed by atoms with Crippen LogP contribution in [0.2, 0.25) is 0 Å². The van der Waals surface area contributed by atoms with Crippen LogP contribution < -0.4 is 10.6 Å². The predicted molar refractivity (Wildman–Crippen MR) is 78.3 cm³/mol. The van der Waals surface area contributed by atoms with Gasteiger partial charge in [-0.3, -0.25) is 0 Å². The number of hydrogen-bond donors (Lipinski definition) is 2. The predicted octanol–water partition coefficient (Wildman–Crippen LogP) is 2.78. The van der Waals surface area contributed by atoms with Crippen molar-refractivity contribution in [3.05, 3.63) is 29.8 Å². The summed E-state index contributed by atoms with van der Waals surface area (Å²) in [6, 6.07) is 9.20. The molecule has 0 spiro atoms. The third-order valence-corrected chi connectivity index (χ3v) is 4.35. The summed E-state index contributed by atoms with van der Waals surface area (Å²) < 4.78 is 5.43. The molecule has 0 aliphatic carbocycles. The van der Waals surface area contributed by atoms with Crippen molar-refractivity contribution >= 4 is 5.69 Å². The Morgan fingerprint density at radius 1 is 1.11 bits per heavy atom. The molecular formula is C16H24N2O. The van der Waals surface area contributed by atoms with Crippen molar-refractivity contribution in [2.75, 3.05) is 25.1 Å². The number of para-hydroxylation sites is 1. The largest absolute Gasteiger partial charge is 0.381 e. The van der Waals surface area contributed by atoms with E-state index in [2.05, 4.69) is 34.9 Å². The van der Waals surface area contributed by atoms with Crippen LogP contribution in [0.5, 0.6) is 0 Å². The number of fused-ring (bicyclic) bond motifs is 1. The molecule has 2 aliphatic heterocycles. The summed E-state index contributed by atoms with van der Waals surface area (Å²) in [5.41, 5.74) is 2.69. The Bertz CT molecular complexity index is 401. The molecule has 3 rings (SSSR count). The van der Waals surface area contributed by atoms with Crippen molar-refractivity contribution in [2.45, 2.75) is 38.3 Å². The molecule has 2 N–H and O–H groups in total. The Balaban J connectivity index is 1.54. The summed E-state index contributed by atoms with van der Waals surface area (Å²) in [6.07, 6.45) is 5.07. The third kappa shape index (κ3) is 3.48. The molecule has 2 heterocycles. The topological polar surface area (TPSA) is 33.3 Å². The molecule has 0 bridgehead atoms. The van der Waals surface area contributed by atoms with Crippen molar-refractivity contribution in [3.63, 3.8) is 0 Å². The molecule has 1 atom stereocenters. The van der Waals surface area contributed by atoms with Crippen LogP contribution in [-0.4, -0.2) is 25.8 Å². The molecule has 19 heavy (non-hydrogen) atoms. The molecular weight excluding hydrogens is 236 g/mol. The van der Waals surface area contributed by atoms with Crippen LogP contribution in [0.4, 0.5) is 5.69 Å². The first kappa shape index (κ1) is 12.9. The number of hydrogen-bond acceptors (Lipinski definition) is 3. The van der Waals surface area contributed by atoms with Gasteiger partial charge in [0.1, 0.15) is 0 Å². The van der Waals surface area contributed by atoms with Gasteiger partial charge in [-0.25, -0.2) is 0 Å². The summed E-state index contributed by atoms with van der Waals surface area (Å²) in [7, 11) is 0. The van der Waals surface area contributed by atoms with Crippen LogP contribution >= 0.6 is 0 Å².